The van der Waals surface area contributed by atoms with Crippen molar-refractivity contribution >= 4 is 5.57 Å². The molecular weight excluding hydrogens is 237 g/mol. The maximum Gasteiger partial charge on any atom is 0.123 e. The van der Waals surface area contributed by atoms with E-state index in [4.69, 9.17) is 5.26 Å². The van der Waals surface area contributed by atoms with E-state index in [1.807, 2.05) is 24.3 Å². The van der Waals surface area contributed by atoms with Crippen LogP contribution < -0.4 is 0 Å². The van der Waals surface area contributed by atoms with Crippen molar-refractivity contribution in [3.63, 3.8) is 0 Å². The fraction of sp³-hybridized carbons (Fsp3) is 0.118. The van der Waals surface area contributed by atoms with Gasteiger partial charge in [-0.1, -0.05) is 30.3 Å². The van der Waals surface area contributed by atoms with Crippen LogP contribution in [-0.2, 0) is 12.8 Å². The second kappa shape index (κ2) is 4.70. The predicted molar refractivity (Wildman–Crippen MR) is 72.9 cm³/mol. The van der Waals surface area contributed by atoms with Crippen LogP contribution in [0.4, 0.5) is 4.39 Å². The van der Waals surface area contributed by atoms with Gasteiger partial charge in [-0.25, -0.2) is 4.39 Å². The molecule has 3 rings (SSSR count). The molecule has 0 heterocycles. The zero-order valence-electron chi connectivity index (χ0n) is 10.4. The first-order valence-corrected chi connectivity index (χ1v) is 6.26. The minimum Gasteiger partial charge on any atom is -0.207 e. The summed E-state index contributed by atoms with van der Waals surface area (Å²) in [5, 5.41) is 9.01. The molecule has 0 spiro atoms. The van der Waals surface area contributed by atoms with E-state index in [2.05, 4.69) is 12.1 Å². The molecule has 2 aromatic carbocycles. The Morgan fingerprint density at radius 2 is 1.74 bits per heavy atom. The summed E-state index contributed by atoms with van der Waals surface area (Å²) in [6, 6.07) is 14.9. The summed E-state index contributed by atoms with van der Waals surface area (Å²) in [7, 11) is 0. The SMILES string of the molecule is N#CC=C1c2ccccc2CCc2ccc(F)cc21. The molecule has 0 N–H and O–H groups in total. The third-order valence-corrected chi connectivity index (χ3v) is 3.54. The Bertz CT molecular complexity index is 707. The van der Waals surface area contributed by atoms with Crippen LogP contribution >= 0.6 is 0 Å². The van der Waals surface area contributed by atoms with Gasteiger partial charge in [0.05, 0.1) is 6.07 Å². The third kappa shape index (κ3) is 2.04. The van der Waals surface area contributed by atoms with Crippen molar-refractivity contribution in [3.8, 4) is 6.07 Å². The van der Waals surface area contributed by atoms with Crippen molar-refractivity contribution in [1.82, 2.24) is 0 Å². The molecule has 0 atom stereocenters. The Kier molecular flexibility index (Phi) is 2.89. The van der Waals surface area contributed by atoms with E-state index < -0.39 is 0 Å². The average Bonchev–Trinajstić information content (AvgIpc) is 2.58. The van der Waals surface area contributed by atoms with Crippen LogP contribution in [0.15, 0.2) is 48.5 Å². The van der Waals surface area contributed by atoms with E-state index in [0.717, 1.165) is 35.1 Å². The van der Waals surface area contributed by atoms with E-state index in [-0.39, 0.29) is 5.82 Å². The molecule has 0 aliphatic heterocycles. The van der Waals surface area contributed by atoms with Crippen LogP contribution in [0, 0.1) is 17.1 Å². The fourth-order valence-electron chi connectivity index (χ4n) is 2.65. The van der Waals surface area contributed by atoms with Crippen molar-refractivity contribution < 1.29 is 4.39 Å². The Balaban J connectivity index is 2.30. The van der Waals surface area contributed by atoms with Gasteiger partial charge in [0.15, 0.2) is 0 Å². The van der Waals surface area contributed by atoms with Gasteiger partial charge in [0.25, 0.3) is 0 Å². The summed E-state index contributed by atoms with van der Waals surface area (Å²) in [6.07, 6.45) is 3.30. The number of aryl methyl sites for hydroxylation is 2. The molecule has 0 amide bonds. The average molecular weight is 249 g/mol. The molecule has 2 aromatic rings. The van der Waals surface area contributed by atoms with Crippen molar-refractivity contribution in [1.29, 1.82) is 5.26 Å². The lowest BCUT2D eigenvalue weighted by molar-refractivity contribution is 0.626. The lowest BCUT2D eigenvalue weighted by atomic mass is 9.94. The van der Waals surface area contributed by atoms with Gasteiger partial charge in [0.1, 0.15) is 5.82 Å². The van der Waals surface area contributed by atoms with Gasteiger partial charge in [-0.05, 0) is 52.8 Å². The normalized spacial score (nSPS) is 15.3. The van der Waals surface area contributed by atoms with Gasteiger partial charge in [-0.15, -0.1) is 0 Å². The van der Waals surface area contributed by atoms with Gasteiger partial charge >= 0.3 is 0 Å². The second-order valence-corrected chi connectivity index (χ2v) is 4.65. The lowest BCUT2D eigenvalue weighted by Gasteiger charge is -2.10. The molecule has 1 aliphatic rings. The predicted octanol–water partition coefficient (Wildman–Crippen LogP) is 3.88. The molecule has 0 bridgehead atoms. The van der Waals surface area contributed by atoms with Crippen molar-refractivity contribution in [2.45, 2.75) is 12.8 Å². The molecule has 0 saturated carbocycles. The molecule has 2 heteroatoms. The molecule has 92 valence electrons. The second-order valence-electron chi connectivity index (χ2n) is 4.65. The summed E-state index contributed by atoms with van der Waals surface area (Å²) < 4.78 is 13.5. The molecule has 1 aliphatic carbocycles. The smallest absolute Gasteiger partial charge is 0.123 e. The number of allylic oxidation sites excluding steroid dienone is 1. The molecule has 0 unspecified atom stereocenters. The van der Waals surface area contributed by atoms with Gasteiger partial charge in [-0.3, -0.25) is 0 Å². The minimum absolute atomic E-state index is 0.262. The highest BCUT2D eigenvalue weighted by atomic mass is 19.1. The van der Waals surface area contributed by atoms with E-state index in [1.165, 1.54) is 23.8 Å². The third-order valence-electron chi connectivity index (χ3n) is 3.54. The monoisotopic (exact) mass is 249 g/mol. The molecule has 0 aromatic heterocycles. The molecule has 1 nitrogen and oxygen atoms in total. The molecule has 0 radical (unpaired) electrons. The first kappa shape index (κ1) is 11.7. The minimum atomic E-state index is -0.262. The van der Waals surface area contributed by atoms with Crippen LogP contribution in [-0.4, -0.2) is 0 Å². The van der Waals surface area contributed by atoms with E-state index in [0.29, 0.717) is 0 Å². The Morgan fingerprint density at radius 3 is 2.53 bits per heavy atom. The van der Waals surface area contributed by atoms with Crippen LogP contribution in [0.5, 0.6) is 0 Å². The van der Waals surface area contributed by atoms with Crippen molar-refractivity contribution in [2.75, 3.05) is 0 Å². The Hall–Kier alpha value is -2.40. The number of benzene rings is 2. The summed E-state index contributed by atoms with van der Waals surface area (Å²) in [5.41, 5.74) is 5.00. The topological polar surface area (TPSA) is 23.8 Å². The molecular formula is C17H12FN. The van der Waals surface area contributed by atoms with Crippen molar-refractivity contribution in [2.24, 2.45) is 0 Å². The maximum absolute atomic E-state index is 13.5. The van der Waals surface area contributed by atoms with Crippen LogP contribution in [0.1, 0.15) is 22.3 Å². The molecule has 0 saturated heterocycles. The van der Waals surface area contributed by atoms with Crippen LogP contribution in [0.3, 0.4) is 0 Å². The standard InChI is InChI=1S/C17H12FN/c18-14-8-7-13-6-5-12-3-1-2-4-15(12)16(9-10-19)17(13)11-14/h1-4,7-9,11H,5-6H2. The largest absolute Gasteiger partial charge is 0.207 e. The number of fused-ring (bicyclic) bond motifs is 2. The molecule has 0 fully saturated rings. The van der Waals surface area contributed by atoms with Gasteiger partial charge in [0.2, 0.25) is 0 Å². The van der Waals surface area contributed by atoms with Gasteiger partial charge < -0.3 is 0 Å². The van der Waals surface area contributed by atoms with E-state index >= 15 is 0 Å². The summed E-state index contributed by atoms with van der Waals surface area (Å²) in [6.45, 7) is 0. The van der Waals surface area contributed by atoms with Crippen LogP contribution in [0.25, 0.3) is 5.57 Å². The van der Waals surface area contributed by atoms with Crippen molar-refractivity contribution in [3.05, 3.63) is 76.6 Å². The summed E-state index contributed by atoms with van der Waals surface area (Å²) >= 11 is 0. The number of rotatable bonds is 0. The fourth-order valence-corrected chi connectivity index (χ4v) is 2.65. The van der Waals surface area contributed by atoms with Gasteiger partial charge in [-0.2, -0.15) is 5.26 Å². The number of nitrogens with zero attached hydrogens (tertiary/aromatic N) is 1. The first-order valence-electron chi connectivity index (χ1n) is 6.26. The van der Waals surface area contributed by atoms with E-state index in [9.17, 15) is 4.39 Å². The zero-order valence-corrected chi connectivity index (χ0v) is 10.4. The summed E-state index contributed by atoms with van der Waals surface area (Å²) in [5.74, 6) is -0.262. The zero-order chi connectivity index (χ0) is 13.2. The maximum atomic E-state index is 13.5. The lowest BCUT2D eigenvalue weighted by Crippen LogP contribution is -1.93. The van der Waals surface area contributed by atoms with Crippen LogP contribution in [0.2, 0.25) is 0 Å². The number of halogens is 1. The molecule has 19 heavy (non-hydrogen) atoms. The van der Waals surface area contributed by atoms with Gasteiger partial charge in [0, 0.05) is 6.08 Å². The Morgan fingerprint density at radius 1 is 1.00 bits per heavy atom. The van der Waals surface area contributed by atoms with E-state index in [1.54, 1.807) is 0 Å². The number of nitriles is 1. The number of hydrogen-bond donors (Lipinski definition) is 0. The number of hydrogen-bond acceptors (Lipinski definition) is 1. The highest BCUT2D eigenvalue weighted by Gasteiger charge is 2.18. The summed E-state index contributed by atoms with van der Waals surface area (Å²) in [4.78, 5) is 0. The highest BCUT2D eigenvalue weighted by Crippen LogP contribution is 2.33. The first-order chi connectivity index (χ1) is 9.29. The Labute approximate surface area is 111 Å². The highest BCUT2D eigenvalue weighted by molar-refractivity contribution is 5.85. The quantitative estimate of drug-likeness (QED) is 0.650.